The number of nitrogens with two attached hydrogens (primary N) is 3. The first-order valence-corrected chi connectivity index (χ1v) is 31.3. The van der Waals surface area contributed by atoms with E-state index in [1.54, 1.807) is 0 Å². The Morgan fingerprint density at radius 1 is 0.633 bits per heavy atom. The maximum Gasteiger partial charge on any atom is 0.335 e. The van der Waals surface area contributed by atoms with Crippen molar-refractivity contribution in [3.05, 3.63) is 11.8 Å². The molecule has 1 saturated heterocycles. The molecule has 0 aliphatic carbocycles. The summed E-state index contributed by atoms with van der Waals surface area (Å²) in [6.45, 7) is 3.60. The van der Waals surface area contributed by atoms with Crippen LogP contribution in [-0.4, -0.2) is 233 Å². The molecule has 1 aliphatic heterocycles. The fraction of sp³-hybridized carbons (Fsp3) is 0.754. The molecule has 0 unspecified atom stereocenters. The number of ether oxygens (including phenoxy) is 1. The third-order valence-electron chi connectivity index (χ3n) is 14.3. The molecule has 0 spiro atoms. The number of alkyl halides is 1. The topological polar surface area (TPSA) is 517 Å². The largest absolute Gasteiger partial charge is 0.479 e. The molecule has 514 valence electrons. The van der Waals surface area contributed by atoms with E-state index in [0.29, 0.717) is 32.2 Å². The second-order valence-corrected chi connectivity index (χ2v) is 22.6. The standard InChI is InChI=1S/C57H101ClN14O18/c1-6-8-9-10-11-12-13-14-15-20-34(74)29-43(77)63-40-32-90-57(89)45(41(75)31-58)70-55(86)46(47(78)56(87)88)71-48(79)35(7-2)64-54(85)44(33(3)73)69-51(82)38(23-26-61)66-49(80)36(21-16-17-24-59)65-52(83)39(30-42(76)62-27-18-19-28-72(4)5)68-50(81)37(22-25-60)67-53(40)84/h7,33-34,36-41,44-47,73-75,78H,6,8-32,59-61H2,1-5H3,(H,62,76)(H,63,77)(H,64,85)(H,65,83)(H,66,80)(H,67,84)(H,68,81)(H,69,82)(H,70,86)(H,71,79)(H,87,88)/b35-7-/t33-,34+,36-,37+,38-,39-,40-,41+,44-,45-,46-,47-/m0/s1. The molecule has 1 heterocycles. The van der Waals surface area contributed by atoms with Gasteiger partial charge in [0.25, 0.3) is 5.91 Å². The number of nitrogens with one attached hydrogen (secondary N) is 10. The van der Waals surface area contributed by atoms with Gasteiger partial charge in [0.1, 0.15) is 54.6 Å². The molecule has 0 bridgehead atoms. The van der Waals surface area contributed by atoms with E-state index in [4.69, 9.17) is 33.5 Å². The van der Waals surface area contributed by atoms with Crippen LogP contribution in [0.5, 0.6) is 0 Å². The third kappa shape index (κ3) is 31.9. The van der Waals surface area contributed by atoms with Gasteiger partial charge in [0.05, 0.1) is 37.0 Å². The molecule has 0 aromatic rings. The van der Waals surface area contributed by atoms with Crippen LogP contribution in [0.1, 0.15) is 143 Å². The number of aliphatic hydroxyl groups excluding tert-OH is 4. The summed E-state index contributed by atoms with van der Waals surface area (Å²) in [5.74, 6) is -16.4. The number of aliphatic hydroxyl groups is 4. The van der Waals surface area contributed by atoms with Crippen molar-refractivity contribution in [3.63, 3.8) is 0 Å². The van der Waals surface area contributed by atoms with E-state index in [2.05, 4.69) is 49.5 Å². The summed E-state index contributed by atoms with van der Waals surface area (Å²) < 4.78 is 5.35. The molecule has 0 radical (unpaired) electrons. The summed E-state index contributed by atoms with van der Waals surface area (Å²) >= 11 is 5.91. The van der Waals surface area contributed by atoms with Gasteiger partial charge in [0.15, 0.2) is 12.1 Å². The van der Waals surface area contributed by atoms with Crippen LogP contribution in [-0.2, 0) is 62.3 Å². The Morgan fingerprint density at radius 2 is 1.17 bits per heavy atom. The Kier molecular flexibility index (Phi) is 41.2. The van der Waals surface area contributed by atoms with Gasteiger partial charge in [-0.25, -0.2) is 9.59 Å². The van der Waals surface area contributed by atoms with Crippen LogP contribution < -0.4 is 70.4 Å². The number of rotatable bonds is 33. The number of allylic oxidation sites excluding steroid dienone is 1. The maximum atomic E-state index is 14.5. The highest BCUT2D eigenvalue weighted by Crippen LogP contribution is 2.14. The highest BCUT2D eigenvalue weighted by atomic mass is 35.5. The van der Waals surface area contributed by atoms with Crippen molar-refractivity contribution in [3.8, 4) is 0 Å². The number of unbranched alkanes of at least 4 members (excludes halogenated alkanes) is 10. The minimum absolute atomic E-state index is 0.144. The Hall–Kier alpha value is -6.65. The van der Waals surface area contributed by atoms with Gasteiger partial charge in [0.2, 0.25) is 53.2 Å². The Labute approximate surface area is 530 Å². The van der Waals surface area contributed by atoms with Crippen LogP contribution in [0.3, 0.4) is 0 Å². The monoisotopic (exact) mass is 1300 g/mol. The first-order chi connectivity index (χ1) is 42.7. The minimum atomic E-state index is -2.83. The molecule has 21 N–H and O–H groups in total. The average Bonchev–Trinajstić information content (AvgIpc) is 1.95. The van der Waals surface area contributed by atoms with Crippen LogP contribution in [0.2, 0.25) is 0 Å². The summed E-state index contributed by atoms with van der Waals surface area (Å²) in [7, 11) is 3.73. The SMILES string of the molecule is C/C=C1\NC(=O)[C@H]([C@H](C)O)NC(=O)[C@H](CCN)NC(=O)[C@H](CCCCN)NC(=O)[C@H](CC(=O)NCCCCN(C)C)NC(=O)[C@@H](CCN)NC(=O)[C@@H](NC(=O)C[C@H](O)CCCCCCCCCCC)COC(=O)[C@H]([C@H](O)CCl)NC(=O)[C@H]([C@H](O)C(=O)O)NC1=O. The van der Waals surface area contributed by atoms with Crippen LogP contribution in [0.15, 0.2) is 11.8 Å². The van der Waals surface area contributed by atoms with Gasteiger partial charge < -0.3 is 106 Å². The molecule has 0 saturated carbocycles. The number of halogens is 1. The van der Waals surface area contributed by atoms with Crippen molar-refractivity contribution in [2.45, 2.75) is 216 Å². The zero-order valence-electron chi connectivity index (χ0n) is 52.5. The van der Waals surface area contributed by atoms with Crippen LogP contribution in [0.4, 0.5) is 0 Å². The molecule has 10 amide bonds. The number of carbonyl (C=O) groups is 12. The van der Waals surface area contributed by atoms with E-state index in [1.807, 2.05) is 29.6 Å². The Bertz CT molecular complexity index is 2340. The maximum absolute atomic E-state index is 14.5. The molecule has 1 fully saturated rings. The number of aliphatic carboxylic acids is 1. The van der Waals surface area contributed by atoms with Crippen molar-refractivity contribution in [1.82, 2.24) is 58.1 Å². The van der Waals surface area contributed by atoms with E-state index in [0.717, 1.165) is 64.4 Å². The van der Waals surface area contributed by atoms with Crippen molar-refractivity contribution in [2.75, 3.05) is 59.3 Å². The van der Waals surface area contributed by atoms with E-state index in [1.165, 1.54) is 6.92 Å². The van der Waals surface area contributed by atoms with Crippen molar-refractivity contribution < 1.29 is 87.8 Å². The lowest BCUT2D eigenvalue weighted by atomic mass is 10.0. The molecule has 12 atom stereocenters. The quantitative estimate of drug-likeness (QED) is 0.0127. The Balaban J connectivity index is 4.12. The molecular formula is C57H101ClN14O18. The number of amides is 10. The number of carboxylic acids is 1. The first kappa shape index (κ1) is 81.4. The molecule has 1 aliphatic rings. The van der Waals surface area contributed by atoms with E-state index in [9.17, 15) is 83.1 Å². The zero-order valence-corrected chi connectivity index (χ0v) is 53.2. The van der Waals surface area contributed by atoms with Crippen molar-refractivity contribution in [1.29, 1.82) is 0 Å². The summed E-state index contributed by atoms with van der Waals surface area (Å²) in [5.41, 5.74) is 16.7. The van der Waals surface area contributed by atoms with Crippen LogP contribution in [0, 0.1) is 0 Å². The highest BCUT2D eigenvalue weighted by Gasteiger charge is 2.41. The lowest BCUT2D eigenvalue weighted by Gasteiger charge is -2.29. The predicted molar refractivity (Wildman–Crippen MR) is 328 cm³/mol. The highest BCUT2D eigenvalue weighted by molar-refractivity contribution is 6.18. The second kappa shape index (κ2) is 45.6. The summed E-state index contributed by atoms with van der Waals surface area (Å²) in [5, 5.41) is 76.2. The zero-order chi connectivity index (χ0) is 67.9. The fourth-order valence-electron chi connectivity index (χ4n) is 9.09. The molecule has 0 aromatic heterocycles. The number of cyclic esters (lactones) is 1. The number of nitrogens with zero attached hydrogens (tertiary/aromatic N) is 1. The van der Waals surface area contributed by atoms with E-state index >= 15 is 0 Å². The van der Waals surface area contributed by atoms with Gasteiger partial charge in [-0.1, -0.05) is 70.8 Å². The molecule has 0 aromatic carbocycles. The lowest BCUT2D eigenvalue weighted by molar-refractivity contribution is -0.155. The molecule has 32 nitrogen and oxygen atoms in total. The average molecular weight is 1310 g/mol. The molecule has 90 heavy (non-hydrogen) atoms. The van der Waals surface area contributed by atoms with Gasteiger partial charge in [-0.2, -0.15) is 0 Å². The fourth-order valence-corrected chi connectivity index (χ4v) is 9.27. The number of hydrogen-bond donors (Lipinski definition) is 18. The third-order valence-corrected chi connectivity index (χ3v) is 14.6. The number of hydrogen-bond acceptors (Lipinski definition) is 21. The van der Waals surface area contributed by atoms with Gasteiger partial charge in [0, 0.05) is 6.54 Å². The molecular weight excluding hydrogens is 1200 g/mol. The second-order valence-electron chi connectivity index (χ2n) is 22.3. The van der Waals surface area contributed by atoms with Crippen molar-refractivity contribution in [2.24, 2.45) is 17.2 Å². The van der Waals surface area contributed by atoms with Crippen LogP contribution >= 0.6 is 11.6 Å². The van der Waals surface area contributed by atoms with Gasteiger partial charge in [-0.3, -0.25) is 47.9 Å². The summed E-state index contributed by atoms with van der Waals surface area (Å²) in [6.07, 6.45) is 1.52. The van der Waals surface area contributed by atoms with E-state index < -0.39 is 175 Å². The smallest absolute Gasteiger partial charge is 0.335 e. The molecule has 1 rings (SSSR count). The summed E-state index contributed by atoms with van der Waals surface area (Å²) in [4.78, 5) is 168. The van der Waals surface area contributed by atoms with Gasteiger partial charge in [-0.05, 0) is 105 Å². The van der Waals surface area contributed by atoms with Gasteiger partial charge in [-0.15, -0.1) is 11.6 Å². The van der Waals surface area contributed by atoms with Gasteiger partial charge >= 0.3 is 11.9 Å². The van der Waals surface area contributed by atoms with Crippen LogP contribution in [0.25, 0.3) is 0 Å². The predicted octanol–water partition coefficient (Wildman–Crippen LogP) is -4.79. The number of carbonyl (C=O) groups excluding carboxylic acids is 11. The minimum Gasteiger partial charge on any atom is -0.479 e. The lowest BCUT2D eigenvalue weighted by Crippen LogP contribution is -2.62. The number of carboxylic acid groups (broad SMARTS) is 1. The van der Waals surface area contributed by atoms with E-state index in [-0.39, 0.29) is 58.3 Å². The first-order valence-electron chi connectivity index (χ1n) is 30.8. The van der Waals surface area contributed by atoms with Crippen molar-refractivity contribution >= 4 is 82.6 Å². The normalized spacial score (nSPS) is 23.6. The molecule has 33 heteroatoms. The summed E-state index contributed by atoms with van der Waals surface area (Å²) in [6, 6.07) is -15.5. The Morgan fingerprint density at radius 3 is 1.70 bits per heavy atom. The number of esters is 1.